The molecule has 0 saturated carbocycles. The van der Waals surface area contributed by atoms with Crippen molar-refractivity contribution in [2.24, 2.45) is 12.8 Å². The first-order valence-corrected chi connectivity index (χ1v) is 7.23. The van der Waals surface area contributed by atoms with Crippen molar-refractivity contribution < 1.29 is 8.42 Å². The van der Waals surface area contributed by atoms with Crippen molar-refractivity contribution in [3.05, 3.63) is 12.4 Å². The molecule has 0 aromatic carbocycles. The normalized spacial score (nSPS) is 11.9. The molecule has 6 nitrogen and oxygen atoms in total. The molecule has 0 spiro atoms. The Kier molecular flexibility index (Phi) is 5.60. The van der Waals surface area contributed by atoms with Gasteiger partial charge in [-0.1, -0.05) is 12.8 Å². The summed E-state index contributed by atoms with van der Waals surface area (Å²) in [4.78, 5) is 0.210. The molecule has 1 aromatic heterocycles. The van der Waals surface area contributed by atoms with Crippen molar-refractivity contribution in [2.75, 3.05) is 13.1 Å². The number of aryl methyl sites for hydroxylation is 1. The van der Waals surface area contributed by atoms with E-state index in [1.807, 2.05) is 0 Å². The highest BCUT2D eigenvalue weighted by Gasteiger charge is 2.14. The van der Waals surface area contributed by atoms with E-state index in [0.717, 1.165) is 25.7 Å². The molecule has 3 N–H and O–H groups in total. The molecular formula is C10H20N4O2S. The van der Waals surface area contributed by atoms with Crippen LogP contribution in [0.3, 0.4) is 0 Å². The SMILES string of the molecule is Cn1cc(S(=O)(=O)NCCCCCCN)cn1. The number of nitrogens with zero attached hydrogens (tertiary/aromatic N) is 2. The van der Waals surface area contributed by atoms with Gasteiger partial charge in [-0.25, -0.2) is 13.1 Å². The summed E-state index contributed by atoms with van der Waals surface area (Å²) in [6.45, 7) is 1.16. The quantitative estimate of drug-likeness (QED) is 0.654. The van der Waals surface area contributed by atoms with Crippen LogP contribution in [0, 0.1) is 0 Å². The first kappa shape index (κ1) is 14.1. The van der Waals surface area contributed by atoms with Crippen LogP contribution >= 0.6 is 0 Å². The Bertz CT molecular complexity index is 427. The van der Waals surface area contributed by atoms with Gasteiger partial charge in [-0.3, -0.25) is 4.68 Å². The smallest absolute Gasteiger partial charge is 0.243 e. The molecule has 98 valence electrons. The fourth-order valence-corrected chi connectivity index (χ4v) is 2.51. The lowest BCUT2D eigenvalue weighted by Crippen LogP contribution is -2.24. The van der Waals surface area contributed by atoms with Crippen molar-refractivity contribution >= 4 is 10.0 Å². The van der Waals surface area contributed by atoms with Crippen LogP contribution in [0.15, 0.2) is 17.3 Å². The number of hydrogen-bond donors (Lipinski definition) is 2. The molecule has 7 heteroatoms. The third-order valence-corrected chi connectivity index (χ3v) is 3.83. The molecule has 17 heavy (non-hydrogen) atoms. The van der Waals surface area contributed by atoms with E-state index in [9.17, 15) is 8.42 Å². The highest BCUT2D eigenvalue weighted by Crippen LogP contribution is 2.06. The van der Waals surface area contributed by atoms with Gasteiger partial charge in [0.25, 0.3) is 0 Å². The van der Waals surface area contributed by atoms with Crippen molar-refractivity contribution in [3.8, 4) is 0 Å². The summed E-state index contributed by atoms with van der Waals surface area (Å²) in [6, 6.07) is 0. The van der Waals surface area contributed by atoms with E-state index >= 15 is 0 Å². The van der Waals surface area contributed by atoms with E-state index in [2.05, 4.69) is 9.82 Å². The highest BCUT2D eigenvalue weighted by molar-refractivity contribution is 7.89. The second kappa shape index (κ2) is 6.73. The molecule has 1 aromatic rings. The molecule has 0 amide bonds. The minimum atomic E-state index is -3.39. The summed E-state index contributed by atoms with van der Waals surface area (Å²) >= 11 is 0. The average Bonchev–Trinajstić information content (AvgIpc) is 2.71. The van der Waals surface area contributed by atoms with Gasteiger partial charge >= 0.3 is 0 Å². The maximum absolute atomic E-state index is 11.7. The second-order valence-corrected chi connectivity index (χ2v) is 5.72. The maximum Gasteiger partial charge on any atom is 0.243 e. The van der Waals surface area contributed by atoms with E-state index in [0.29, 0.717) is 13.1 Å². The Morgan fingerprint density at radius 3 is 2.65 bits per heavy atom. The summed E-state index contributed by atoms with van der Waals surface area (Å²) in [7, 11) is -1.70. The number of nitrogens with one attached hydrogen (secondary N) is 1. The van der Waals surface area contributed by atoms with Gasteiger partial charge in [-0.05, 0) is 19.4 Å². The first-order valence-electron chi connectivity index (χ1n) is 5.74. The molecule has 0 aliphatic carbocycles. The monoisotopic (exact) mass is 260 g/mol. The molecule has 1 heterocycles. The van der Waals surface area contributed by atoms with Crippen LogP contribution in [0.2, 0.25) is 0 Å². The zero-order valence-corrected chi connectivity index (χ0v) is 10.9. The minimum Gasteiger partial charge on any atom is -0.330 e. The largest absolute Gasteiger partial charge is 0.330 e. The average molecular weight is 260 g/mol. The molecule has 0 aliphatic heterocycles. The van der Waals surface area contributed by atoms with Crippen molar-refractivity contribution in [3.63, 3.8) is 0 Å². The number of sulfonamides is 1. The van der Waals surface area contributed by atoms with Crippen molar-refractivity contribution in [1.82, 2.24) is 14.5 Å². The highest BCUT2D eigenvalue weighted by atomic mass is 32.2. The zero-order valence-electron chi connectivity index (χ0n) is 10.1. The Morgan fingerprint density at radius 1 is 1.35 bits per heavy atom. The van der Waals surface area contributed by atoms with Crippen molar-refractivity contribution in [1.29, 1.82) is 0 Å². The molecule has 1 rings (SSSR count). The summed E-state index contributed by atoms with van der Waals surface area (Å²) in [5.41, 5.74) is 5.37. The van der Waals surface area contributed by atoms with Crippen molar-refractivity contribution in [2.45, 2.75) is 30.6 Å². The molecule has 0 fully saturated rings. The number of hydrogen-bond acceptors (Lipinski definition) is 4. The maximum atomic E-state index is 11.7. The lowest BCUT2D eigenvalue weighted by Gasteiger charge is -2.04. The van der Waals surface area contributed by atoms with Crippen LogP contribution in [0.4, 0.5) is 0 Å². The lowest BCUT2D eigenvalue weighted by molar-refractivity contribution is 0.572. The molecule has 0 atom stereocenters. The minimum absolute atomic E-state index is 0.210. The van der Waals surface area contributed by atoms with E-state index in [1.54, 1.807) is 7.05 Å². The van der Waals surface area contributed by atoms with Gasteiger partial charge in [0, 0.05) is 19.8 Å². The Balaban J connectivity index is 2.31. The Hall–Kier alpha value is -0.920. The molecule has 0 radical (unpaired) electrons. The van der Waals surface area contributed by atoms with E-state index < -0.39 is 10.0 Å². The third-order valence-electron chi connectivity index (χ3n) is 2.41. The van der Waals surface area contributed by atoms with Crippen LogP contribution in [-0.2, 0) is 17.1 Å². The number of nitrogens with two attached hydrogens (primary N) is 1. The van der Waals surface area contributed by atoms with Gasteiger partial charge in [0.05, 0.1) is 6.20 Å². The Morgan fingerprint density at radius 2 is 2.06 bits per heavy atom. The fourth-order valence-electron chi connectivity index (χ4n) is 1.45. The molecule has 0 bridgehead atoms. The van der Waals surface area contributed by atoms with Gasteiger partial charge < -0.3 is 5.73 Å². The van der Waals surface area contributed by atoms with Gasteiger partial charge in [0.2, 0.25) is 10.0 Å². The second-order valence-electron chi connectivity index (χ2n) is 3.95. The van der Waals surface area contributed by atoms with Gasteiger partial charge in [-0.2, -0.15) is 5.10 Å². The summed E-state index contributed by atoms with van der Waals surface area (Å²) in [5.74, 6) is 0. The third kappa shape index (κ3) is 4.84. The van der Waals surface area contributed by atoms with E-state index in [4.69, 9.17) is 5.73 Å². The van der Waals surface area contributed by atoms with Crippen LogP contribution < -0.4 is 10.5 Å². The van der Waals surface area contributed by atoms with Gasteiger partial charge in [0.1, 0.15) is 4.90 Å². The summed E-state index contributed by atoms with van der Waals surface area (Å²) < 4.78 is 27.5. The topological polar surface area (TPSA) is 90.0 Å². The number of aromatic nitrogens is 2. The van der Waals surface area contributed by atoms with Gasteiger partial charge in [-0.15, -0.1) is 0 Å². The molecular weight excluding hydrogens is 240 g/mol. The molecule has 0 aliphatic rings. The number of unbranched alkanes of at least 4 members (excludes halogenated alkanes) is 3. The number of rotatable bonds is 8. The van der Waals surface area contributed by atoms with Gasteiger partial charge in [0.15, 0.2) is 0 Å². The standard InChI is InChI=1S/C10H20N4O2S/c1-14-9-10(8-12-14)17(15,16)13-7-5-3-2-4-6-11/h8-9,13H,2-7,11H2,1H3. The lowest BCUT2D eigenvalue weighted by atomic mass is 10.2. The predicted octanol–water partition coefficient (Wildman–Crippen LogP) is 0.218. The fraction of sp³-hybridized carbons (Fsp3) is 0.700. The van der Waals surface area contributed by atoms with Crippen LogP contribution in [0.25, 0.3) is 0 Å². The van der Waals surface area contributed by atoms with Crippen LogP contribution in [0.5, 0.6) is 0 Å². The van der Waals surface area contributed by atoms with E-state index in [-0.39, 0.29) is 4.90 Å². The van der Waals surface area contributed by atoms with E-state index in [1.165, 1.54) is 17.1 Å². The zero-order chi connectivity index (χ0) is 12.7. The van der Waals surface area contributed by atoms with Crippen LogP contribution in [0.1, 0.15) is 25.7 Å². The summed E-state index contributed by atoms with van der Waals surface area (Å²) in [5, 5.41) is 3.84. The molecule has 0 saturated heterocycles. The molecule has 0 unspecified atom stereocenters. The Labute approximate surface area is 102 Å². The van der Waals surface area contributed by atoms with Crippen LogP contribution in [-0.4, -0.2) is 31.3 Å². The summed E-state index contributed by atoms with van der Waals surface area (Å²) in [6.07, 6.45) is 6.69. The predicted molar refractivity (Wildman–Crippen MR) is 65.9 cm³/mol. The first-order chi connectivity index (χ1) is 8.06.